The molecule has 5 heteroatoms. The van der Waals surface area contributed by atoms with Crippen LogP contribution in [0.15, 0.2) is 0 Å². The minimum Gasteiger partial charge on any atom is -0.321 e. The average molecular weight is 141 g/mol. The normalized spacial score (nSPS) is 14.0. The summed E-state index contributed by atoms with van der Waals surface area (Å²) >= 11 is 0. The number of H-pyrrole nitrogens is 1. The van der Waals surface area contributed by atoms with Crippen LogP contribution in [0.2, 0.25) is 0 Å². The molecule has 1 aromatic heterocycles. The van der Waals surface area contributed by atoms with Gasteiger partial charge in [-0.2, -0.15) is 5.21 Å². The van der Waals surface area contributed by atoms with Gasteiger partial charge in [0.05, 0.1) is 6.04 Å². The van der Waals surface area contributed by atoms with Crippen molar-refractivity contribution in [1.29, 1.82) is 0 Å². The highest BCUT2D eigenvalue weighted by Crippen LogP contribution is 2.12. The summed E-state index contributed by atoms with van der Waals surface area (Å²) in [7, 11) is 0. The zero-order chi connectivity index (χ0) is 7.56. The Labute approximate surface area is 59.0 Å². The van der Waals surface area contributed by atoms with Gasteiger partial charge in [-0.3, -0.25) is 0 Å². The molecular weight excluding hydrogens is 130 g/mol. The Kier molecular flexibility index (Phi) is 1.96. The fourth-order valence-electron chi connectivity index (χ4n) is 0.609. The smallest absolute Gasteiger partial charge is 0.191 e. The number of aromatic nitrogens is 4. The lowest BCUT2D eigenvalue weighted by atomic mass is 10.1. The van der Waals surface area contributed by atoms with Gasteiger partial charge in [0.2, 0.25) is 0 Å². The van der Waals surface area contributed by atoms with E-state index in [9.17, 15) is 0 Å². The van der Waals surface area contributed by atoms with Crippen molar-refractivity contribution >= 4 is 0 Å². The summed E-state index contributed by atoms with van der Waals surface area (Å²) in [6, 6.07) is -0.112. The topological polar surface area (TPSA) is 80.5 Å². The fraction of sp³-hybridized carbons (Fsp3) is 0.800. The predicted molar refractivity (Wildman–Crippen MR) is 35.9 cm³/mol. The largest absolute Gasteiger partial charge is 0.321 e. The van der Waals surface area contributed by atoms with Gasteiger partial charge < -0.3 is 5.73 Å². The number of hydrogen-bond acceptors (Lipinski definition) is 4. The van der Waals surface area contributed by atoms with Crippen LogP contribution in [0.1, 0.15) is 25.7 Å². The number of hydrogen-bond donors (Lipinski definition) is 2. The van der Waals surface area contributed by atoms with Gasteiger partial charge in [-0.05, 0) is 5.92 Å². The van der Waals surface area contributed by atoms with Crippen molar-refractivity contribution < 1.29 is 0 Å². The summed E-state index contributed by atoms with van der Waals surface area (Å²) < 4.78 is 0. The standard InChI is InChI=1S/C5H11N5/c1-3(2)4(6)5-7-9-10-8-5/h3-4H,6H2,1-2H3,(H,7,8,9,10)/t4-/m0/s1. The van der Waals surface area contributed by atoms with E-state index in [1.165, 1.54) is 0 Å². The molecule has 0 aliphatic carbocycles. The van der Waals surface area contributed by atoms with Crippen LogP contribution in [-0.2, 0) is 0 Å². The van der Waals surface area contributed by atoms with Crippen LogP contribution < -0.4 is 5.73 Å². The predicted octanol–water partition coefficient (Wildman–Crippen LogP) is -0.145. The first-order chi connectivity index (χ1) is 4.72. The zero-order valence-electron chi connectivity index (χ0n) is 6.07. The highest BCUT2D eigenvalue weighted by atomic mass is 15.5. The lowest BCUT2D eigenvalue weighted by molar-refractivity contribution is 0.490. The molecule has 0 aliphatic heterocycles. The van der Waals surface area contributed by atoms with Gasteiger partial charge in [0.1, 0.15) is 0 Å². The first kappa shape index (κ1) is 7.14. The number of nitrogens with two attached hydrogens (primary N) is 1. The third-order valence-electron chi connectivity index (χ3n) is 1.38. The van der Waals surface area contributed by atoms with Crippen LogP contribution in [0.5, 0.6) is 0 Å². The molecular formula is C5H11N5. The van der Waals surface area contributed by atoms with E-state index in [1.54, 1.807) is 0 Å². The Hall–Kier alpha value is -0.970. The molecule has 0 saturated heterocycles. The van der Waals surface area contributed by atoms with Gasteiger partial charge in [-0.1, -0.05) is 19.1 Å². The molecule has 5 nitrogen and oxygen atoms in total. The second kappa shape index (κ2) is 2.74. The highest BCUT2D eigenvalue weighted by Gasteiger charge is 2.13. The zero-order valence-corrected chi connectivity index (χ0v) is 6.07. The summed E-state index contributed by atoms with van der Waals surface area (Å²) in [5, 5.41) is 13.3. The second-order valence-corrected chi connectivity index (χ2v) is 2.54. The molecule has 1 heterocycles. The Balaban J connectivity index is 2.68. The van der Waals surface area contributed by atoms with Crippen molar-refractivity contribution in [2.45, 2.75) is 19.9 Å². The number of tetrazole rings is 1. The molecule has 10 heavy (non-hydrogen) atoms. The molecule has 0 amide bonds. The van der Waals surface area contributed by atoms with Crippen LogP contribution in [0.3, 0.4) is 0 Å². The maximum atomic E-state index is 5.70. The van der Waals surface area contributed by atoms with E-state index in [0.717, 1.165) is 0 Å². The minimum atomic E-state index is -0.112. The number of nitrogens with one attached hydrogen (secondary N) is 1. The Morgan fingerprint density at radius 1 is 1.50 bits per heavy atom. The fourth-order valence-corrected chi connectivity index (χ4v) is 0.609. The van der Waals surface area contributed by atoms with E-state index in [-0.39, 0.29) is 6.04 Å². The van der Waals surface area contributed by atoms with Gasteiger partial charge in [0.25, 0.3) is 0 Å². The number of nitrogens with zero attached hydrogens (tertiary/aromatic N) is 3. The SMILES string of the molecule is CC(C)[C@H](N)c1nn[nH]n1. The first-order valence-corrected chi connectivity index (χ1v) is 3.20. The maximum Gasteiger partial charge on any atom is 0.191 e. The first-order valence-electron chi connectivity index (χ1n) is 3.20. The molecule has 3 N–H and O–H groups in total. The summed E-state index contributed by atoms with van der Waals surface area (Å²) in [6.07, 6.45) is 0. The van der Waals surface area contributed by atoms with E-state index >= 15 is 0 Å². The Morgan fingerprint density at radius 2 is 2.20 bits per heavy atom. The second-order valence-electron chi connectivity index (χ2n) is 2.54. The molecule has 0 aliphatic rings. The van der Waals surface area contributed by atoms with Crippen molar-refractivity contribution in [2.24, 2.45) is 11.7 Å². The Morgan fingerprint density at radius 3 is 2.60 bits per heavy atom. The molecule has 0 bridgehead atoms. The van der Waals surface area contributed by atoms with Gasteiger partial charge in [0.15, 0.2) is 5.82 Å². The van der Waals surface area contributed by atoms with Gasteiger partial charge >= 0.3 is 0 Å². The minimum absolute atomic E-state index is 0.112. The van der Waals surface area contributed by atoms with Crippen molar-refractivity contribution in [3.8, 4) is 0 Å². The summed E-state index contributed by atoms with van der Waals surface area (Å²) in [4.78, 5) is 0. The summed E-state index contributed by atoms with van der Waals surface area (Å²) in [6.45, 7) is 4.03. The van der Waals surface area contributed by atoms with Gasteiger partial charge in [0, 0.05) is 0 Å². The summed E-state index contributed by atoms with van der Waals surface area (Å²) in [5.74, 6) is 0.924. The molecule has 0 fully saturated rings. The van der Waals surface area contributed by atoms with Crippen LogP contribution >= 0.6 is 0 Å². The van der Waals surface area contributed by atoms with Gasteiger partial charge in [-0.15, -0.1) is 10.2 Å². The molecule has 0 saturated carbocycles. The molecule has 0 radical (unpaired) electrons. The van der Waals surface area contributed by atoms with E-state index in [2.05, 4.69) is 20.6 Å². The van der Waals surface area contributed by atoms with E-state index in [1.807, 2.05) is 13.8 Å². The number of rotatable bonds is 2. The Bertz CT molecular complexity index is 180. The van der Waals surface area contributed by atoms with Crippen molar-refractivity contribution in [1.82, 2.24) is 20.6 Å². The number of aromatic amines is 1. The van der Waals surface area contributed by atoms with Crippen molar-refractivity contribution in [3.63, 3.8) is 0 Å². The monoisotopic (exact) mass is 141 g/mol. The molecule has 1 rings (SSSR count). The highest BCUT2D eigenvalue weighted by molar-refractivity contribution is 4.87. The van der Waals surface area contributed by atoms with Crippen LogP contribution in [-0.4, -0.2) is 20.6 Å². The lowest BCUT2D eigenvalue weighted by Crippen LogP contribution is -2.18. The molecule has 0 spiro atoms. The maximum absolute atomic E-state index is 5.70. The van der Waals surface area contributed by atoms with Crippen molar-refractivity contribution in [3.05, 3.63) is 5.82 Å². The third-order valence-corrected chi connectivity index (χ3v) is 1.38. The molecule has 56 valence electrons. The summed E-state index contributed by atoms with van der Waals surface area (Å²) in [5.41, 5.74) is 5.70. The lowest BCUT2D eigenvalue weighted by Gasteiger charge is -2.09. The van der Waals surface area contributed by atoms with E-state index in [0.29, 0.717) is 11.7 Å². The quantitative estimate of drug-likeness (QED) is 0.600. The average Bonchev–Trinajstić information content (AvgIpc) is 2.36. The van der Waals surface area contributed by atoms with Crippen molar-refractivity contribution in [2.75, 3.05) is 0 Å². The van der Waals surface area contributed by atoms with Crippen LogP contribution in [0.4, 0.5) is 0 Å². The van der Waals surface area contributed by atoms with E-state index in [4.69, 9.17) is 5.73 Å². The third kappa shape index (κ3) is 1.30. The van der Waals surface area contributed by atoms with Crippen LogP contribution in [0.25, 0.3) is 0 Å². The van der Waals surface area contributed by atoms with E-state index < -0.39 is 0 Å². The molecule has 1 atom stereocenters. The van der Waals surface area contributed by atoms with Gasteiger partial charge in [-0.25, -0.2) is 0 Å². The molecule has 1 aromatic rings. The van der Waals surface area contributed by atoms with Crippen LogP contribution in [0, 0.1) is 5.92 Å². The molecule has 0 aromatic carbocycles. The molecule has 0 unspecified atom stereocenters.